The Hall–Kier alpha value is -0.160. The van der Waals surface area contributed by atoms with Crippen LogP contribution in [0, 0.1) is 5.92 Å². The van der Waals surface area contributed by atoms with Crippen molar-refractivity contribution in [2.24, 2.45) is 11.7 Å². The van der Waals surface area contributed by atoms with E-state index in [9.17, 15) is 0 Å². The molecule has 1 atom stereocenters. The average Bonchev–Trinajstić information content (AvgIpc) is 2.39. The maximum absolute atomic E-state index is 6.43. The van der Waals surface area contributed by atoms with Crippen LogP contribution < -0.4 is 5.73 Å². The van der Waals surface area contributed by atoms with Crippen molar-refractivity contribution < 1.29 is 14.2 Å². The fourth-order valence-electron chi connectivity index (χ4n) is 2.89. The average molecular weight is 229 g/mol. The quantitative estimate of drug-likeness (QED) is 0.782. The summed E-state index contributed by atoms with van der Waals surface area (Å²) in [6, 6.07) is 0.116. The molecule has 0 aliphatic carbocycles. The van der Waals surface area contributed by atoms with Crippen LogP contribution in [-0.2, 0) is 14.2 Å². The molecular formula is C12H23NO3. The van der Waals surface area contributed by atoms with Crippen molar-refractivity contribution >= 4 is 0 Å². The molecule has 2 aliphatic heterocycles. The van der Waals surface area contributed by atoms with Gasteiger partial charge >= 0.3 is 0 Å². The molecule has 2 N–H and O–H groups in total. The van der Waals surface area contributed by atoms with Crippen molar-refractivity contribution in [3.8, 4) is 0 Å². The molecule has 0 radical (unpaired) electrons. The summed E-state index contributed by atoms with van der Waals surface area (Å²) in [4.78, 5) is 0. The third kappa shape index (κ3) is 2.40. The molecule has 0 saturated carbocycles. The predicted octanol–water partition coefficient (Wildman–Crippen LogP) is 0.936. The molecule has 2 saturated heterocycles. The van der Waals surface area contributed by atoms with E-state index in [1.165, 1.54) is 0 Å². The highest BCUT2D eigenvalue weighted by atomic mass is 16.5. The Morgan fingerprint density at radius 2 is 1.69 bits per heavy atom. The summed E-state index contributed by atoms with van der Waals surface area (Å²) in [6.07, 6.45) is 3.96. The van der Waals surface area contributed by atoms with E-state index < -0.39 is 0 Å². The van der Waals surface area contributed by atoms with E-state index in [1.54, 1.807) is 7.11 Å². The van der Waals surface area contributed by atoms with Gasteiger partial charge in [0.2, 0.25) is 0 Å². The third-order valence-corrected chi connectivity index (χ3v) is 4.13. The highest BCUT2D eigenvalue weighted by molar-refractivity contribution is 4.96. The monoisotopic (exact) mass is 229 g/mol. The minimum Gasteiger partial charge on any atom is -0.381 e. The van der Waals surface area contributed by atoms with Gasteiger partial charge in [-0.1, -0.05) is 0 Å². The second-order valence-electron chi connectivity index (χ2n) is 4.86. The smallest absolute Gasteiger partial charge is 0.0875 e. The molecule has 94 valence electrons. The van der Waals surface area contributed by atoms with Crippen LogP contribution in [0.15, 0.2) is 0 Å². The Balaban J connectivity index is 2.00. The van der Waals surface area contributed by atoms with Crippen LogP contribution in [0.2, 0.25) is 0 Å². The number of hydrogen-bond donors (Lipinski definition) is 1. The SMILES string of the molecule is COC1(C(N)C2CCOCC2)CCOCC1. The lowest BCUT2D eigenvalue weighted by atomic mass is 9.77. The lowest BCUT2D eigenvalue weighted by Gasteiger charge is -2.44. The second kappa shape index (κ2) is 5.45. The fourth-order valence-corrected chi connectivity index (χ4v) is 2.89. The van der Waals surface area contributed by atoms with Crippen molar-refractivity contribution in [1.82, 2.24) is 0 Å². The molecule has 0 aromatic rings. The molecule has 16 heavy (non-hydrogen) atoms. The Morgan fingerprint density at radius 3 is 2.25 bits per heavy atom. The summed E-state index contributed by atoms with van der Waals surface area (Å²) in [5.74, 6) is 0.534. The summed E-state index contributed by atoms with van der Waals surface area (Å²) in [7, 11) is 1.78. The van der Waals surface area contributed by atoms with E-state index in [-0.39, 0.29) is 11.6 Å². The molecule has 0 aromatic heterocycles. The van der Waals surface area contributed by atoms with Crippen LogP contribution >= 0.6 is 0 Å². The molecule has 1 unspecified atom stereocenters. The van der Waals surface area contributed by atoms with Gasteiger partial charge in [-0.25, -0.2) is 0 Å². The van der Waals surface area contributed by atoms with Crippen molar-refractivity contribution in [2.75, 3.05) is 33.5 Å². The van der Waals surface area contributed by atoms with Gasteiger partial charge in [-0.2, -0.15) is 0 Å². The summed E-state index contributed by atoms with van der Waals surface area (Å²) in [5, 5.41) is 0. The largest absolute Gasteiger partial charge is 0.381 e. The van der Waals surface area contributed by atoms with Crippen LogP contribution in [0.3, 0.4) is 0 Å². The van der Waals surface area contributed by atoms with E-state index in [4.69, 9.17) is 19.9 Å². The second-order valence-corrected chi connectivity index (χ2v) is 4.86. The van der Waals surface area contributed by atoms with Gasteiger partial charge in [0, 0.05) is 52.4 Å². The Bertz CT molecular complexity index is 210. The van der Waals surface area contributed by atoms with E-state index >= 15 is 0 Å². The minimum absolute atomic E-state index is 0.116. The molecular weight excluding hydrogens is 206 g/mol. The van der Waals surface area contributed by atoms with Gasteiger partial charge in [0.25, 0.3) is 0 Å². The number of nitrogens with two attached hydrogens (primary N) is 1. The Labute approximate surface area is 97.4 Å². The van der Waals surface area contributed by atoms with E-state index in [1.807, 2.05) is 0 Å². The normalized spacial score (nSPS) is 28.9. The van der Waals surface area contributed by atoms with Crippen LogP contribution in [-0.4, -0.2) is 45.2 Å². The Morgan fingerprint density at radius 1 is 1.12 bits per heavy atom. The molecule has 2 heterocycles. The summed E-state index contributed by atoms with van der Waals surface area (Å²) >= 11 is 0. The van der Waals surface area contributed by atoms with Gasteiger partial charge in [0.1, 0.15) is 0 Å². The third-order valence-electron chi connectivity index (χ3n) is 4.13. The molecule has 0 bridgehead atoms. The number of methoxy groups -OCH3 is 1. The van der Waals surface area contributed by atoms with Crippen molar-refractivity contribution in [2.45, 2.75) is 37.3 Å². The summed E-state index contributed by atoms with van der Waals surface area (Å²) in [6.45, 7) is 3.22. The molecule has 0 aromatic carbocycles. The first-order valence-corrected chi connectivity index (χ1v) is 6.25. The first-order chi connectivity index (χ1) is 7.78. The van der Waals surface area contributed by atoms with Crippen LogP contribution in [0.5, 0.6) is 0 Å². The van der Waals surface area contributed by atoms with Gasteiger partial charge in [-0.05, 0) is 18.8 Å². The summed E-state index contributed by atoms with van der Waals surface area (Å²) in [5.41, 5.74) is 6.27. The zero-order chi connectivity index (χ0) is 11.4. The van der Waals surface area contributed by atoms with Crippen molar-refractivity contribution in [3.05, 3.63) is 0 Å². The van der Waals surface area contributed by atoms with Gasteiger partial charge in [0.05, 0.1) is 5.60 Å². The number of rotatable bonds is 3. The van der Waals surface area contributed by atoms with E-state index in [0.717, 1.165) is 52.1 Å². The standard InChI is InChI=1S/C12H23NO3/c1-14-12(4-8-16-9-5-12)11(13)10-2-6-15-7-3-10/h10-11H,2-9,13H2,1H3. The Kier molecular flexibility index (Phi) is 4.19. The van der Waals surface area contributed by atoms with Gasteiger partial charge < -0.3 is 19.9 Å². The van der Waals surface area contributed by atoms with E-state index in [0.29, 0.717) is 5.92 Å². The molecule has 2 aliphatic rings. The number of hydrogen-bond acceptors (Lipinski definition) is 4. The minimum atomic E-state index is -0.166. The zero-order valence-corrected chi connectivity index (χ0v) is 10.1. The van der Waals surface area contributed by atoms with Crippen LogP contribution in [0.25, 0.3) is 0 Å². The van der Waals surface area contributed by atoms with Gasteiger partial charge in [0.15, 0.2) is 0 Å². The highest BCUT2D eigenvalue weighted by Crippen LogP contribution is 2.33. The lowest BCUT2D eigenvalue weighted by Crippen LogP contribution is -2.57. The van der Waals surface area contributed by atoms with Crippen molar-refractivity contribution in [3.63, 3.8) is 0 Å². The van der Waals surface area contributed by atoms with Crippen LogP contribution in [0.4, 0.5) is 0 Å². The molecule has 2 fully saturated rings. The molecule has 4 heteroatoms. The maximum atomic E-state index is 6.43. The van der Waals surface area contributed by atoms with Gasteiger partial charge in [-0.3, -0.25) is 0 Å². The zero-order valence-electron chi connectivity index (χ0n) is 10.1. The van der Waals surface area contributed by atoms with Gasteiger partial charge in [-0.15, -0.1) is 0 Å². The molecule has 0 spiro atoms. The molecule has 4 nitrogen and oxygen atoms in total. The first-order valence-electron chi connectivity index (χ1n) is 6.25. The first kappa shape index (κ1) is 12.3. The topological polar surface area (TPSA) is 53.7 Å². The fraction of sp³-hybridized carbons (Fsp3) is 1.00. The lowest BCUT2D eigenvalue weighted by molar-refractivity contribution is -0.119. The highest BCUT2D eigenvalue weighted by Gasteiger charge is 2.42. The molecule has 0 amide bonds. The van der Waals surface area contributed by atoms with Crippen molar-refractivity contribution in [1.29, 1.82) is 0 Å². The van der Waals surface area contributed by atoms with Crippen LogP contribution in [0.1, 0.15) is 25.7 Å². The number of ether oxygens (including phenoxy) is 3. The predicted molar refractivity (Wildman–Crippen MR) is 61.3 cm³/mol. The summed E-state index contributed by atoms with van der Waals surface area (Å²) < 4.78 is 16.5. The molecule has 2 rings (SSSR count). The maximum Gasteiger partial charge on any atom is 0.0875 e. The van der Waals surface area contributed by atoms with E-state index in [2.05, 4.69) is 0 Å².